The number of rotatable bonds is 8. The molecule has 28 heavy (non-hydrogen) atoms. The van der Waals surface area contributed by atoms with Crippen LogP contribution in [-0.4, -0.2) is 36.9 Å². The van der Waals surface area contributed by atoms with Crippen molar-refractivity contribution in [3.05, 3.63) is 64.1 Å². The van der Waals surface area contributed by atoms with E-state index >= 15 is 0 Å². The van der Waals surface area contributed by atoms with Crippen LogP contribution in [-0.2, 0) is 9.59 Å². The van der Waals surface area contributed by atoms with Crippen molar-refractivity contribution in [2.24, 2.45) is 0 Å². The zero-order valence-electron chi connectivity index (χ0n) is 15.7. The molecule has 2 aromatic carbocycles. The number of hydrogen-bond acceptors (Lipinski definition) is 3. The van der Waals surface area contributed by atoms with E-state index in [-0.39, 0.29) is 18.4 Å². The number of carbonyl (C=O) groups excluding carboxylic acids is 2. The Hall–Kier alpha value is -2.50. The number of halogens is 2. The summed E-state index contributed by atoms with van der Waals surface area (Å²) >= 11 is 12.0. The van der Waals surface area contributed by atoms with Crippen LogP contribution in [0, 0.1) is 0 Å². The summed E-state index contributed by atoms with van der Waals surface area (Å²) in [6.07, 6.45) is 3.84. The van der Waals surface area contributed by atoms with Gasteiger partial charge in [0, 0.05) is 23.2 Å². The van der Waals surface area contributed by atoms with E-state index < -0.39 is 0 Å². The van der Waals surface area contributed by atoms with E-state index in [0.717, 1.165) is 12.0 Å². The molecule has 0 radical (unpaired) electrons. The first-order chi connectivity index (χ1) is 13.4. The van der Waals surface area contributed by atoms with Gasteiger partial charge in [-0.3, -0.25) is 9.59 Å². The molecule has 5 nitrogen and oxygen atoms in total. The van der Waals surface area contributed by atoms with E-state index in [9.17, 15) is 9.59 Å². The van der Waals surface area contributed by atoms with Crippen LogP contribution in [0.4, 0.5) is 5.69 Å². The third kappa shape index (κ3) is 6.29. The van der Waals surface area contributed by atoms with Crippen LogP contribution in [0.15, 0.2) is 48.5 Å². The minimum Gasteiger partial charge on any atom is -0.496 e. The molecule has 0 fully saturated rings. The van der Waals surface area contributed by atoms with Gasteiger partial charge in [0.25, 0.3) is 0 Å². The Morgan fingerprint density at radius 3 is 2.64 bits per heavy atom. The van der Waals surface area contributed by atoms with Gasteiger partial charge in [0.2, 0.25) is 11.8 Å². The molecule has 0 bridgehead atoms. The number of para-hydroxylation sites is 1. The summed E-state index contributed by atoms with van der Waals surface area (Å²) in [5.74, 6) is 0.0543. The molecule has 0 aliphatic rings. The molecular weight excluding hydrogens is 399 g/mol. The Bertz CT molecular complexity index is 868. The van der Waals surface area contributed by atoms with E-state index in [4.69, 9.17) is 27.9 Å². The lowest BCUT2D eigenvalue weighted by Gasteiger charge is -2.20. The Labute approximate surface area is 174 Å². The fourth-order valence-corrected chi connectivity index (χ4v) is 2.90. The number of anilines is 1. The van der Waals surface area contributed by atoms with Gasteiger partial charge >= 0.3 is 0 Å². The minimum absolute atomic E-state index is 0.0915. The van der Waals surface area contributed by atoms with Gasteiger partial charge < -0.3 is 15.0 Å². The number of carbonyl (C=O) groups is 2. The zero-order chi connectivity index (χ0) is 20.5. The maximum absolute atomic E-state index is 12.6. The van der Waals surface area contributed by atoms with Gasteiger partial charge in [0.15, 0.2) is 0 Å². The van der Waals surface area contributed by atoms with Crippen LogP contribution in [0.3, 0.4) is 0 Å². The molecule has 0 heterocycles. The number of amides is 2. The summed E-state index contributed by atoms with van der Waals surface area (Å²) < 4.78 is 5.27. The number of methoxy groups -OCH3 is 1. The lowest BCUT2D eigenvalue weighted by molar-refractivity contribution is -0.130. The highest BCUT2D eigenvalue weighted by Crippen LogP contribution is 2.25. The van der Waals surface area contributed by atoms with Crippen molar-refractivity contribution < 1.29 is 14.3 Å². The summed E-state index contributed by atoms with van der Waals surface area (Å²) in [5.41, 5.74) is 1.19. The van der Waals surface area contributed by atoms with Crippen LogP contribution in [0.25, 0.3) is 6.08 Å². The van der Waals surface area contributed by atoms with Crippen LogP contribution in [0.5, 0.6) is 5.75 Å². The normalized spacial score (nSPS) is 10.7. The average Bonchev–Trinajstić information content (AvgIpc) is 2.68. The van der Waals surface area contributed by atoms with Crippen LogP contribution < -0.4 is 10.1 Å². The molecule has 0 spiro atoms. The molecule has 0 saturated carbocycles. The number of ether oxygens (including phenoxy) is 1. The molecule has 0 atom stereocenters. The summed E-state index contributed by atoms with van der Waals surface area (Å²) in [4.78, 5) is 26.4. The summed E-state index contributed by atoms with van der Waals surface area (Å²) in [6, 6.07) is 12.2. The summed E-state index contributed by atoms with van der Waals surface area (Å²) in [7, 11) is 1.57. The number of benzene rings is 2. The third-order valence-corrected chi connectivity index (χ3v) is 4.45. The highest BCUT2D eigenvalue weighted by molar-refractivity contribution is 6.35. The molecule has 2 amide bonds. The van der Waals surface area contributed by atoms with Crippen LogP contribution in [0.2, 0.25) is 10.0 Å². The Morgan fingerprint density at radius 1 is 1.18 bits per heavy atom. The second-order valence-corrected chi connectivity index (χ2v) is 6.85. The first kappa shape index (κ1) is 21.8. The fourth-order valence-electron chi connectivity index (χ4n) is 2.56. The molecular formula is C21H22Cl2N2O3. The van der Waals surface area contributed by atoms with Gasteiger partial charge in [-0.15, -0.1) is 0 Å². The summed E-state index contributed by atoms with van der Waals surface area (Å²) in [5, 5.41) is 3.53. The number of nitrogens with one attached hydrogen (secondary N) is 1. The predicted molar refractivity (Wildman–Crippen MR) is 114 cm³/mol. The second-order valence-electron chi connectivity index (χ2n) is 6.01. The van der Waals surface area contributed by atoms with Crippen molar-refractivity contribution in [3.63, 3.8) is 0 Å². The Balaban J connectivity index is 2.07. The van der Waals surface area contributed by atoms with Crippen molar-refractivity contribution in [1.29, 1.82) is 0 Å². The predicted octanol–water partition coefficient (Wildman–Crippen LogP) is 4.89. The van der Waals surface area contributed by atoms with Crippen LogP contribution in [0.1, 0.15) is 18.9 Å². The van der Waals surface area contributed by atoms with Gasteiger partial charge in [-0.2, -0.15) is 0 Å². The van der Waals surface area contributed by atoms with Gasteiger partial charge in [-0.25, -0.2) is 0 Å². The largest absolute Gasteiger partial charge is 0.496 e. The van der Waals surface area contributed by atoms with Gasteiger partial charge in [-0.05, 0) is 36.8 Å². The van der Waals surface area contributed by atoms with E-state index in [2.05, 4.69) is 5.32 Å². The van der Waals surface area contributed by atoms with Gasteiger partial charge in [0.05, 0.1) is 17.8 Å². The molecule has 0 aliphatic heterocycles. The SMILES string of the molecule is CCCN(CC(=O)Nc1cc(Cl)ccc1Cl)C(=O)/C=C/c1ccccc1OC. The van der Waals surface area contributed by atoms with Crippen molar-refractivity contribution in [2.45, 2.75) is 13.3 Å². The molecule has 1 N–H and O–H groups in total. The molecule has 0 aliphatic carbocycles. The molecule has 7 heteroatoms. The van der Waals surface area contributed by atoms with E-state index in [1.165, 1.54) is 11.0 Å². The summed E-state index contributed by atoms with van der Waals surface area (Å²) in [6.45, 7) is 2.30. The molecule has 2 rings (SSSR count). The molecule has 2 aromatic rings. The monoisotopic (exact) mass is 420 g/mol. The minimum atomic E-state index is -0.350. The highest BCUT2D eigenvalue weighted by Gasteiger charge is 2.15. The number of nitrogens with zero attached hydrogens (tertiary/aromatic N) is 1. The molecule has 148 valence electrons. The van der Waals surface area contributed by atoms with Crippen molar-refractivity contribution in [1.82, 2.24) is 4.90 Å². The third-order valence-electron chi connectivity index (χ3n) is 3.89. The van der Waals surface area contributed by atoms with Crippen molar-refractivity contribution >= 4 is 46.8 Å². The Kier molecular flexibility index (Phi) is 8.36. The maximum atomic E-state index is 12.6. The second kappa shape index (κ2) is 10.7. The van der Waals surface area contributed by atoms with E-state index in [1.54, 1.807) is 31.4 Å². The average molecular weight is 421 g/mol. The van der Waals surface area contributed by atoms with Gasteiger partial charge in [-0.1, -0.05) is 48.3 Å². The number of hydrogen-bond donors (Lipinski definition) is 1. The first-order valence-electron chi connectivity index (χ1n) is 8.79. The van der Waals surface area contributed by atoms with E-state index in [1.807, 2.05) is 31.2 Å². The van der Waals surface area contributed by atoms with Gasteiger partial charge in [0.1, 0.15) is 12.3 Å². The quantitative estimate of drug-likeness (QED) is 0.618. The first-order valence-corrected chi connectivity index (χ1v) is 9.55. The van der Waals surface area contributed by atoms with Crippen molar-refractivity contribution in [3.8, 4) is 5.75 Å². The molecule has 0 unspecified atom stereocenters. The topological polar surface area (TPSA) is 58.6 Å². The lowest BCUT2D eigenvalue weighted by Crippen LogP contribution is -2.37. The molecule has 0 saturated heterocycles. The zero-order valence-corrected chi connectivity index (χ0v) is 17.3. The van der Waals surface area contributed by atoms with Crippen LogP contribution >= 0.6 is 23.2 Å². The fraction of sp³-hybridized carbons (Fsp3) is 0.238. The molecule has 0 aromatic heterocycles. The Morgan fingerprint density at radius 2 is 1.93 bits per heavy atom. The van der Waals surface area contributed by atoms with E-state index in [0.29, 0.717) is 28.0 Å². The smallest absolute Gasteiger partial charge is 0.247 e. The van der Waals surface area contributed by atoms with Crippen molar-refractivity contribution in [2.75, 3.05) is 25.5 Å². The maximum Gasteiger partial charge on any atom is 0.247 e. The highest BCUT2D eigenvalue weighted by atomic mass is 35.5. The lowest BCUT2D eigenvalue weighted by atomic mass is 10.2. The standard InChI is InChI=1S/C21H22Cl2N2O3/c1-3-12-25(14-20(26)24-18-13-16(22)9-10-17(18)23)21(27)11-8-15-6-4-5-7-19(15)28-2/h4-11,13H,3,12,14H2,1-2H3,(H,24,26)/b11-8+.